The highest BCUT2D eigenvalue weighted by atomic mass is 16.2. The van der Waals surface area contributed by atoms with Crippen LogP contribution in [0.1, 0.15) is 17.4 Å². The first kappa shape index (κ1) is 15.7. The summed E-state index contributed by atoms with van der Waals surface area (Å²) in [6.45, 7) is 3.52. The van der Waals surface area contributed by atoms with E-state index in [0.717, 1.165) is 31.0 Å². The fraction of sp³-hybridized carbons (Fsp3) is 0.412. The number of carbonyl (C=O) groups is 1. The Morgan fingerprint density at radius 3 is 2.96 bits per heavy atom. The number of aryl methyl sites for hydroxylation is 1. The van der Waals surface area contributed by atoms with E-state index < -0.39 is 0 Å². The van der Waals surface area contributed by atoms with Gasteiger partial charge in [0.15, 0.2) is 0 Å². The summed E-state index contributed by atoms with van der Waals surface area (Å²) in [6, 6.07) is 10.1. The number of piperazine rings is 1. The second-order valence-electron chi connectivity index (χ2n) is 5.85. The Hall–Kier alpha value is -2.18. The molecule has 0 aliphatic carbocycles. The zero-order valence-corrected chi connectivity index (χ0v) is 13.4. The maximum atomic E-state index is 12.3. The maximum absolute atomic E-state index is 12.3. The summed E-state index contributed by atoms with van der Waals surface area (Å²) in [5, 5.41) is 6.38. The molecule has 122 valence electrons. The predicted molar refractivity (Wildman–Crippen MR) is 88.7 cm³/mol. The number of amides is 1. The Kier molecular flexibility index (Phi) is 5.05. The third-order valence-corrected chi connectivity index (χ3v) is 4.19. The summed E-state index contributed by atoms with van der Waals surface area (Å²) >= 11 is 0. The van der Waals surface area contributed by atoms with Crippen LogP contribution in [0.2, 0.25) is 0 Å². The molecule has 1 aromatic heterocycles. The van der Waals surface area contributed by atoms with Crippen molar-refractivity contribution in [2.75, 3.05) is 26.2 Å². The first-order valence-electron chi connectivity index (χ1n) is 7.96. The third kappa shape index (κ3) is 3.97. The van der Waals surface area contributed by atoms with E-state index >= 15 is 0 Å². The van der Waals surface area contributed by atoms with Gasteiger partial charge in [0.1, 0.15) is 5.82 Å². The van der Waals surface area contributed by atoms with Crippen molar-refractivity contribution in [3.8, 4) is 0 Å². The average Bonchev–Trinajstić information content (AvgIpc) is 3.00. The van der Waals surface area contributed by atoms with Gasteiger partial charge < -0.3 is 15.2 Å². The van der Waals surface area contributed by atoms with Crippen molar-refractivity contribution in [1.82, 2.24) is 25.1 Å². The van der Waals surface area contributed by atoms with Crippen LogP contribution >= 0.6 is 0 Å². The second-order valence-corrected chi connectivity index (χ2v) is 5.85. The van der Waals surface area contributed by atoms with E-state index in [-0.39, 0.29) is 11.9 Å². The number of nitrogens with zero attached hydrogens (tertiary/aromatic N) is 3. The van der Waals surface area contributed by atoms with Crippen LogP contribution in [0.15, 0.2) is 42.7 Å². The molecule has 1 aliphatic rings. The first-order chi connectivity index (χ1) is 11.2. The van der Waals surface area contributed by atoms with Crippen LogP contribution in [-0.2, 0) is 18.4 Å². The van der Waals surface area contributed by atoms with Crippen LogP contribution < -0.4 is 10.6 Å². The molecular formula is C17H23N5O. The van der Waals surface area contributed by atoms with Crippen molar-refractivity contribution >= 4 is 5.91 Å². The molecule has 2 heterocycles. The molecule has 1 fully saturated rings. The molecule has 2 N–H and O–H groups in total. The van der Waals surface area contributed by atoms with Gasteiger partial charge in [-0.2, -0.15) is 0 Å². The molecule has 23 heavy (non-hydrogen) atoms. The predicted octanol–water partition coefficient (Wildman–Crippen LogP) is 0.683. The van der Waals surface area contributed by atoms with Crippen molar-refractivity contribution in [2.45, 2.75) is 12.6 Å². The summed E-state index contributed by atoms with van der Waals surface area (Å²) in [5.41, 5.74) is 1.11. The van der Waals surface area contributed by atoms with Gasteiger partial charge >= 0.3 is 0 Å². The monoisotopic (exact) mass is 313 g/mol. The lowest BCUT2D eigenvalue weighted by atomic mass is 10.1. The number of imidazole rings is 1. The number of hydrogen-bond donors (Lipinski definition) is 2. The highest BCUT2D eigenvalue weighted by molar-refractivity contribution is 5.78. The summed E-state index contributed by atoms with van der Waals surface area (Å²) in [6.07, 6.45) is 3.75. The first-order valence-corrected chi connectivity index (χ1v) is 7.96. The highest BCUT2D eigenvalue weighted by Crippen LogP contribution is 2.19. The van der Waals surface area contributed by atoms with Crippen LogP contribution in [0.3, 0.4) is 0 Å². The Bertz CT molecular complexity index is 639. The van der Waals surface area contributed by atoms with Crippen LogP contribution in [-0.4, -0.2) is 46.5 Å². The van der Waals surface area contributed by atoms with E-state index in [0.29, 0.717) is 13.1 Å². The zero-order valence-electron chi connectivity index (χ0n) is 13.4. The second kappa shape index (κ2) is 7.39. The SMILES string of the molecule is Cn1ccnc1C1CNCCN1CC(=O)NCc1ccccc1. The van der Waals surface area contributed by atoms with Crippen molar-refractivity contribution in [1.29, 1.82) is 0 Å². The van der Waals surface area contributed by atoms with E-state index in [1.165, 1.54) is 0 Å². The summed E-state index contributed by atoms with van der Waals surface area (Å²) in [7, 11) is 1.99. The molecular weight excluding hydrogens is 290 g/mol. The number of rotatable bonds is 5. The lowest BCUT2D eigenvalue weighted by Gasteiger charge is -2.35. The van der Waals surface area contributed by atoms with Crippen molar-refractivity contribution in [2.24, 2.45) is 7.05 Å². The molecule has 6 nitrogen and oxygen atoms in total. The smallest absolute Gasteiger partial charge is 0.234 e. The third-order valence-electron chi connectivity index (χ3n) is 4.19. The highest BCUT2D eigenvalue weighted by Gasteiger charge is 2.27. The quantitative estimate of drug-likeness (QED) is 0.852. The van der Waals surface area contributed by atoms with Crippen LogP contribution in [0.5, 0.6) is 0 Å². The molecule has 1 atom stereocenters. The van der Waals surface area contributed by atoms with E-state index in [9.17, 15) is 4.79 Å². The van der Waals surface area contributed by atoms with Crippen molar-refractivity contribution < 1.29 is 4.79 Å². The van der Waals surface area contributed by atoms with Gasteiger partial charge in [0.05, 0.1) is 12.6 Å². The largest absolute Gasteiger partial charge is 0.351 e. The summed E-state index contributed by atoms with van der Waals surface area (Å²) in [4.78, 5) is 18.9. The van der Waals surface area contributed by atoms with Crippen molar-refractivity contribution in [3.05, 3.63) is 54.1 Å². The molecule has 1 aromatic carbocycles. The minimum absolute atomic E-state index is 0.0509. The van der Waals surface area contributed by atoms with Gasteiger partial charge in [-0.25, -0.2) is 4.98 Å². The van der Waals surface area contributed by atoms with Crippen molar-refractivity contribution in [3.63, 3.8) is 0 Å². The Balaban J connectivity index is 1.58. The van der Waals surface area contributed by atoms with Gasteiger partial charge in [0, 0.05) is 45.6 Å². The number of nitrogens with one attached hydrogen (secondary N) is 2. The Morgan fingerprint density at radius 1 is 1.39 bits per heavy atom. The summed E-state index contributed by atoms with van der Waals surface area (Å²) in [5.74, 6) is 1.04. The average molecular weight is 313 g/mol. The van der Waals surface area contributed by atoms with Gasteiger partial charge in [-0.15, -0.1) is 0 Å². The fourth-order valence-electron chi connectivity index (χ4n) is 2.93. The van der Waals surface area contributed by atoms with Crippen LogP contribution in [0.4, 0.5) is 0 Å². The van der Waals surface area contributed by atoms with Gasteiger partial charge in [-0.3, -0.25) is 9.69 Å². The molecule has 0 spiro atoms. The number of carbonyl (C=O) groups excluding carboxylic acids is 1. The molecule has 1 saturated heterocycles. The fourth-order valence-corrected chi connectivity index (χ4v) is 2.93. The number of hydrogen-bond acceptors (Lipinski definition) is 4. The molecule has 3 rings (SSSR count). The lowest BCUT2D eigenvalue weighted by molar-refractivity contribution is -0.123. The standard InChI is InChI=1S/C17H23N5O/c1-21-9-8-19-17(21)15-12-18-7-10-22(15)13-16(23)20-11-14-5-3-2-4-6-14/h2-6,8-9,15,18H,7,10-13H2,1H3,(H,20,23). The summed E-state index contributed by atoms with van der Waals surface area (Å²) < 4.78 is 2.02. The molecule has 1 unspecified atom stereocenters. The minimum Gasteiger partial charge on any atom is -0.351 e. The lowest BCUT2D eigenvalue weighted by Crippen LogP contribution is -2.50. The van der Waals surface area contributed by atoms with Gasteiger partial charge in [0.2, 0.25) is 5.91 Å². The molecule has 0 radical (unpaired) electrons. The van der Waals surface area contributed by atoms with Crippen LogP contribution in [0, 0.1) is 0 Å². The number of benzene rings is 1. The van der Waals surface area contributed by atoms with E-state index in [4.69, 9.17) is 0 Å². The van der Waals surface area contributed by atoms with E-state index in [2.05, 4.69) is 20.5 Å². The normalized spacial score (nSPS) is 18.7. The Labute approximate surface area is 136 Å². The zero-order chi connectivity index (χ0) is 16.1. The maximum Gasteiger partial charge on any atom is 0.234 e. The topological polar surface area (TPSA) is 62.2 Å². The van der Waals surface area contributed by atoms with E-state index in [1.54, 1.807) is 6.20 Å². The Morgan fingerprint density at radius 2 is 2.22 bits per heavy atom. The van der Waals surface area contributed by atoms with Crippen LogP contribution in [0.25, 0.3) is 0 Å². The molecule has 1 amide bonds. The minimum atomic E-state index is 0.0509. The van der Waals surface area contributed by atoms with Gasteiger partial charge in [0.25, 0.3) is 0 Å². The van der Waals surface area contributed by atoms with Gasteiger partial charge in [-0.05, 0) is 5.56 Å². The number of aromatic nitrogens is 2. The molecule has 2 aromatic rings. The molecule has 6 heteroatoms. The molecule has 0 saturated carbocycles. The van der Waals surface area contributed by atoms with Gasteiger partial charge in [-0.1, -0.05) is 30.3 Å². The molecule has 1 aliphatic heterocycles. The molecule has 0 bridgehead atoms. The van der Waals surface area contributed by atoms with E-state index in [1.807, 2.05) is 48.1 Å².